The van der Waals surface area contributed by atoms with E-state index < -0.39 is 0 Å². The highest BCUT2D eigenvalue weighted by Gasteiger charge is 2.16. The van der Waals surface area contributed by atoms with Gasteiger partial charge in [-0.05, 0) is 69.0 Å². The zero-order valence-corrected chi connectivity index (χ0v) is 21.8. The minimum atomic E-state index is 0.831. The fourth-order valence-electron chi connectivity index (χ4n) is 5.04. The Morgan fingerprint density at radius 1 is 0.794 bits per heavy atom. The Bertz CT molecular complexity index is 1040. The van der Waals surface area contributed by atoms with Crippen molar-refractivity contribution in [2.45, 2.75) is 72.8 Å². The van der Waals surface area contributed by atoms with Gasteiger partial charge in [0.1, 0.15) is 11.3 Å². The van der Waals surface area contributed by atoms with Gasteiger partial charge < -0.3 is 14.4 Å². The molecule has 1 aliphatic rings. The van der Waals surface area contributed by atoms with Gasteiger partial charge in [0.05, 0.1) is 6.54 Å². The predicted octanol–water partition coefficient (Wildman–Crippen LogP) is 5.40. The van der Waals surface area contributed by atoms with Gasteiger partial charge in [0, 0.05) is 38.3 Å². The lowest BCUT2D eigenvalue weighted by Gasteiger charge is -2.34. The van der Waals surface area contributed by atoms with Crippen LogP contribution in [0.4, 0.5) is 0 Å². The smallest absolute Gasteiger partial charge is 0.160 e. The van der Waals surface area contributed by atoms with Crippen molar-refractivity contribution in [1.29, 1.82) is 0 Å². The van der Waals surface area contributed by atoms with Crippen LogP contribution in [0.1, 0.15) is 67.7 Å². The minimum absolute atomic E-state index is 0.831. The summed E-state index contributed by atoms with van der Waals surface area (Å²) in [4.78, 5) is 15.0. The van der Waals surface area contributed by atoms with Gasteiger partial charge in [0.25, 0.3) is 0 Å². The molecule has 0 saturated carbocycles. The third-order valence-corrected chi connectivity index (χ3v) is 7.41. The summed E-state index contributed by atoms with van der Waals surface area (Å²) < 4.78 is 2.29. The van der Waals surface area contributed by atoms with Crippen LogP contribution in [0.15, 0.2) is 30.3 Å². The van der Waals surface area contributed by atoms with Gasteiger partial charge in [-0.1, -0.05) is 51.0 Å². The van der Waals surface area contributed by atoms with Gasteiger partial charge in [0.2, 0.25) is 0 Å². The molecular weight excluding hydrogens is 418 g/mol. The van der Waals surface area contributed by atoms with Crippen molar-refractivity contribution in [3.63, 3.8) is 0 Å². The Hall–Kier alpha value is -2.24. The van der Waals surface area contributed by atoms with E-state index in [2.05, 4.69) is 72.4 Å². The van der Waals surface area contributed by atoms with Gasteiger partial charge in [-0.2, -0.15) is 0 Å². The molecule has 0 bridgehead atoms. The van der Waals surface area contributed by atoms with Crippen LogP contribution in [-0.2, 0) is 19.4 Å². The molecule has 5 nitrogen and oxygen atoms in total. The van der Waals surface area contributed by atoms with E-state index in [-0.39, 0.29) is 0 Å². The van der Waals surface area contributed by atoms with E-state index in [0.717, 1.165) is 42.1 Å². The van der Waals surface area contributed by atoms with Crippen molar-refractivity contribution in [3.05, 3.63) is 58.5 Å². The van der Waals surface area contributed by atoms with E-state index in [1.807, 2.05) is 0 Å². The molecule has 0 aliphatic carbocycles. The molecule has 0 unspecified atom stereocenters. The minimum Gasteiger partial charge on any atom is -0.308 e. The molecule has 1 aromatic carbocycles. The quantitative estimate of drug-likeness (QED) is 0.358. The molecule has 0 N–H and O–H groups in total. The largest absolute Gasteiger partial charge is 0.308 e. The SMILES string of the molecule is CCCCCN1CCN(CCCc2ccc(Cn3c(CC)nc4cc(C)c(C)nc43)cc2)CC1. The van der Waals surface area contributed by atoms with Gasteiger partial charge in [-0.15, -0.1) is 0 Å². The molecule has 2 aromatic heterocycles. The molecule has 5 heteroatoms. The number of unbranched alkanes of at least 4 members (excludes halogenated alkanes) is 2. The van der Waals surface area contributed by atoms with Crippen LogP contribution in [0.25, 0.3) is 11.2 Å². The number of piperazine rings is 1. The lowest BCUT2D eigenvalue weighted by atomic mass is 10.1. The van der Waals surface area contributed by atoms with E-state index >= 15 is 0 Å². The van der Waals surface area contributed by atoms with Gasteiger partial charge >= 0.3 is 0 Å². The molecule has 1 fully saturated rings. The van der Waals surface area contributed by atoms with Crippen molar-refractivity contribution in [1.82, 2.24) is 24.3 Å². The number of aryl methyl sites for hydroxylation is 4. The number of hydrogen-bond acceptors (Lipinski definition) is 4. The molecule has 0 amide bonds. The zero-order chi connectivity index (χ0) is 23.9. The molecule has 0 spiro atoms. The number of fused-ring (bicyclic) bond motifs is 1. The number of rotatable bonds is 11. The van der Waals surface area contributed by atoms with E-state index in [1.165, 1.54) is 81.6 Å². The molecule has 1 saturated heterocycles. The molecule has 3 aromatic rings. The van der Waals surface area contributed by atoms with Gasteiger partial charge in [0.15, 0.2) is 5.65 Å². The van der Waals surface area contributed by atoms with Gasteiger partial charge in [-0.3, -0.25) is 0 Å². The number of nitrogens with zero attached hydrogens (tertiary/aromatic N) is 5. The van der Waals surface area contributed by atoms with E-state index in [0.29, 0.717) is 0 Å². The zero-order valence-electron chi connectivity index (χ0n) is 21.8. The normalized spacial score (nSPS) is 15.4. The second kappa shape index (κ2) is 11.9. The maximum atomic E-state index is 4.86. The first kappa shape index (κ1) is 24.9. The first-order valence-corrected chi connectivity index (χ1v) is 13.4. The monoisotopic (exact) mass is 461 g/mol. The van der Waals surface area contributed by atoms with Crippen molar-refractivity contribution in [2.75, 3.05) is 39.3 Å². The molecule has 0 radical (unpaired) electrons. The maximum Gasteiger partial charge on any atom is 0.160 e. The van der Waals surface area contributed by atoms with Crippen LogP contribution in [0.5, 0.6) is 0 Å². The van der Waals surface area contributed by atoms with Crippen molar-refractivity contribution in [3.8, 4) is 0 Å². The summed E-state index contributed by atoms with van der Waals surface area (Å²) in [6, 6.07) is 11.4. The summed E-state index contributed by atoms with van der Waals surface area (Å²) >= 11 is 0. The van der Waals surface area contributed by atoms with Crippen LogP contribution in [-0.4, -0.2) is 63.6 Å². The first-order valence-electron chi connectivity index (χ1n) is 13.4. The highest BCUT2D eigenvalue weighted by Crippen LogP contribution is 2.20. The standard InChI is InChI=1S/C29H43N5/c1-5-7-8-15-32-17-19-33(20-18-32)16-9-10-25-11-13-26(14-12-25)22-34-28(6-2)31-27-21-23(3)24(4)30-29(27)34/h11-14,21H,5-10,15-20,22H2,1-4H3. The van der Waals surface area contributed by atoms with Crippen molar-refractivity contribution >= 4 is 11.2 Å². The van der Waals surface area contributed by atoms with Crippen molar-refractivity contribution in [2.24, 2.45) is 0 Å². The highest BCUT2D eigenvalue weighted by atomic mass is 15.3. The average Bonchev–Trinajstić information content (AvgIpc) is 3.17. The van der Waals surface area contributed by atoms with E-state index in [1.54, 1.807) is 0 Å². The highest BCUT2D eigenvalue weighted by molar-refractivity contribution is 5.73. The molecule has 1 aliphatic heterocycles. The molecule has 184 valence electrons. The number of imidazole rings is 1. The Kier molecular flexibility index (Phi) is 8.74. The summed E-state index contributed by atoms with van der Waals surface area (Å²) in [5.74, 6) is 1.11. The average molecular weight is 462 g/mol. The molecule has 4 rings (SSSR count). The third-order valence-electron chi connectivity index (χ3n) is 7.41. The van der Waals surface area contributed by atoms with Gasteiger partial charge in [-0.25, -0.2) is 9.97 Å². The van der Waals surface area contributed by atoms with E-state index in [9.17, 15) is 0 Å². The molecular formula is C29H43N5. The summed E-state index contributed by atoms with van der Waals surface area (Å²) in [6.45, 7) is 16.9. The number of pyridine rings is 1. The Morgan fingerprint density at radius 2 is 1.44 bits per heavy atom. The number of aromatic nitrogens is 3. The third kappa shape index (κ3) is 6.25. The number of hydrogen-bond donors (Lipinski definition) is 0. The lowest BCUT2D eigenvalue weighted by molar-refractivity contribution is 0.130. The Labute approximate surface area is 206 Å². The summed E-state index contributed by atoms with van der Waals surface area (Å²) in [5.41, 5.74) is 7.07. The Morgan fingerprint density at radius 3 is 2.09 bits per heavy atom. The summed E-state index contributed by atoms with van der Waals surface area (Å²) in [5, 5.41) is 0. The van der Waals surface area contributed by atoms with Crippen LogP contribution in [0, 0.1) is 13.8 Å². The summed E-state index contributed by atoms with van der Waals surface area (Å²) in [6.07, 6.45) is 7.36. The van der Waals surface area contributed by atoms with Crippen LogP contribution in [0.3, 0.4) is 0 Å². The second-order valence-electron chi connectivity index (χ2n) is 10.0. The molecule has 0 atom stereocenters. The maximum absolute atomic E-state index is 4.86. The van der Waals surface area contributed by atoms with Crippen LogP contribution >= 0.6 is 0 Å². The summed E-state index contributed by atoms with van der Waals surface area (Å²) in [7, 11) is 0. The fraction of sp³-hybridized carbons (Fsp3) is 0.586. The van der Waals surface area contributed by atoms with Crippen LogP contribution in [0.2, 0.25) is 0 Å². The number of benzene rings is 1. The topological polar surface area (TPSA) is 37.2 Å². The Balaban J connectivity index is 1.27. The first-order chi connectivity index (χ1) is 16.6. The van der Waals surface area contributed by atoms with Crippen LogP contribution < -0.4 is 0 Å². The van der Waals surface area contributed by atoms with Crippen molar-refractivity contribution < 1.29 is 0 Å². The predicted molar refractivity (Wildman–Crippen MR) is 143 cm³/mol. The molecule has 34 heavy (non-hydrogen) atoms. The molecule has 3 heterocycles. The van der Waals surface area contributed by atoms with E-state index in [4.69, 9.17) is 9.97 Å². The fourth-order valence-corrected chi connectivity index (χ4v) is 5.04. The lowest BCUT2D eigenvalue weighted by Crippen LogP contribution is -2.46. The second-order valence-corrected chi connectivity index (χ2v) is 10.0.